The third kappa shape index (κ3) is 5.74. The highest BCUT2D eigenvalue weighted by Gasteiger charge is 2.38. The first-order valence-electron chi connectivity index (χ1n) is 11.9. The Morgan fingerprint density at radius 1 is 1.21 bits per heavy atom. The van der Waals surface area contributed by atoms with Gasteiger partial charge in [0, 0.05) is 17.6 Å². The van der Waals surface area contributed by atoms with Crippen molar-refractivity contribution in [3.8, 4) is 5.75 Å². The van der Waals surface area contributed by atoms with E-state index in [1.165, 1.54) is 6.07 Å². The number of rotatable bonds is 9. The number of benzene rings is 2. The number of piperidine rings is 1. The number of hydrogen-bond donors (Lipinski definition) is 3. The van der Waals surface area contributed by atoms with Gasteiger partial charge in [-0.1, -0.05) is 37.1 Å². The Morgan fingerprint density at radius 2 is 2.00 bits per heavy atom. The molecule has 2 fully saturated rings. The quantitative estimate of drug-likeness (QED) is 0.452. The van der Waals surface area contributed by atoms with E-state index >= 15 is 0 Å². The fraction of sp³-hybridized carbons (Fsp3) is 0.480. The largest absolute Gasteiger partial charge is 0.492 e. The maximum absolute atomic E-state index is 13.3. The summed E-state index contributed by atoms with van der Waals surface area (Å²) in [5.41, 5.74) is 0.829. The van der Waals surface area contributed by atoms with Crippen LogP contribution in [0.2, 0.25) is 5.02 Å². The number of carbonyl (C=O) groups excluding carboxylic acids is 1. The predicted octanol–water partition coefficient (Wildman–Crippen LogP) is 3.31. The van der Waals surface area contributed by atoms with Crippen molar-refractivity contribution in [1.29, 1.82) is 0 Å². The van der Waals surface area contributed by atoms with Crippen molar-refractivity contribution in [3.05, 3.63) is 53.1 Å². The first-order chi connectivity index (χ1) is 16.4. The lowest BCUT2D eigenvalue weighted by atomic mass is 9.94. The Hall–Kier alpha value is -2.13. The van der Waals surface area contributed by atoms with E-state index in [1.807, 2.05) is 6.92 Å². The molecule has 0 aromatic heterocycles. The summed E-state index contributed by atoms with van der Waals surface area (Å²) in [4.78, 5) is 12.8. The molecule has 0 aliphatic carbocycles. The molecule has 3 unspecified atom stereocenters. The molecule has 0 radical (unpaired) electrons. The molecule has 2 aromatic rings. The normalized spacial score (nSPS) is 22.2. The van der Waals surface area contributed by atoms with Gasteiger partial charge in [-0.25, -0.2) is 8.42 Å². The summed E-state index contributed by atoms with van der Waals surface area (Å²) in [7, 11) is -3.82. The third-order valence-corrected chi connectivity index (χ3v) is 8.55. The highest BCUT2D eigenvalue weighted by Crippen LogP contribution is 2.32. The van der Waals surface area contributed by atoms with Crippen LogP contribution >= 0.6 is 11.6 Å². The molecular formula is C25H32ClN3O4S. The molecule has 4 rings (SSSR count). The van der Waals surface area contributed by atoms with Gasteiger partial charge < -0.3 is 20.7 Å². The highest BCUT2D eigenvalue weighted by atomic mass is 35.5. The fourth-order valence-electron chi connectivity index (χ4n) is 4.57. The number of ether oxygens (including phenoxy) is 1. The Morgan fingerprint density at radius 3 is 2.74 bits per heavy atom. The van der Waals surface area contributed by atoms with Crippen molar-refractivity contribution < 1.29 is 17.9 Å². The summed E-state index contributed by atoms with van der Waals surface area (Å²) in [6.45, 7) is 4.76. The zero-order valence-electron chi connectivity index (χ0n) is 19.3. The topological polar surface area (TPSA) is 96.5 Å². The van der Waals surface area contributed by atoms with Gasteiger partial charge in [0.15, 0.2) is 0 Å². The van der Waals surface area contributed by atoms with Gasteiger partial charge >= 0.3 is 0 Å². The van der Waals surface area contributed by atoms with Gasteiger partial charge in [-0.3, -0.25) is 4.79 Å². The molecule has 7 nitrogen and oxygen atoms in total. The van der Waals surface area contributed by atoms with E-state index in [4.69, 9.17) is 16.3 Å². The van der Waals surface area contributed by atoms with Crippen molar-refractivity contribution in [2.45, 2.75) is 61.0 Å². The molecule has 3 atom stereocenters. The van der Waals surface area contributed by atoms with Crippen LogP contribution in [0.1, 0.15) is 38.2 Å². The van der Waals surface area contributed by atoms with E-state index in [0.717, 1.165) is 44.3 Å². The van der Waals surface area contributed by atoms with Crippen LogP contribution in [-0.4, -0.2) is 46.1 Å². The van der Waals surface area contributed by atoms with Crippen LogP contribution in [0.15, 0.2) is 52.3 Å². The van der Waals surface area contributed by atoms with Gasteiger partial charge in [0.05, 0.1) is 17.5 Å². The molecule has 0 bridgehead atoms. The van der Waals surface area contributed by atoms with E-state index in [9.17, 15) is 13.2 Å². The lowest BCUT2D eigenvalue weighted by Crippen LogP contribution is -2.45. The minimum Gasteiger partial charge on any atom is -0.492 e. The van der Waals surface area contributed by atoms with Gasteiger partial charge in [-0.15, -0.1) is 0 Å². The van der Waals surface area contributed by atoms with Crippen LogP contribution in [0.4, 0.5) is 0 Å². The minimum absolute atomic E-state index is 0.0149. The summed E-state index contributed by atoms with van der Waals surface area (Å²) in [6, 6.07) is 11.4. The van der Waals surface area contributed by atoms with Crippen molar-refractivity contribution >= 4 is 27.3 Å². The van der Waals surface area contributed by atoms with Crippen molar-refractivity contribution in [2.75, 3.05) is 19.7 Å². The predicted molar refractivity (Wildman–Crippen MR) is 132 cm³/mol. The average Bonchev–Trinajstić information content (AvgIpc) is 3.28. The van der Waals surface area contributed by atoms with Crippen molar-refractivity contribution in [1.82, 2.24) is 16.0 Å². The first kappa shape index (κ1) is 25.0. The lowest BCUT2D eigenvalue weighted by Gasteiger charge is -2.25. The average molecular weight is 506 g/mol. The second kappa shape index (κ2) is 11.1. The maximum Gasteiger partial charge on any atom is 0.237 e. The van der Waals surface area contributed by atoms with E-state index in [-0.39, 0.29) is 21.7 Å². The SMILES string of the molecule is CCCCOc1ccc(Cl)cc1S(=O)(=O)c1ccc(CNC(=O)C2CC3CNCCC3N2)cc1. The van der Waals surface area contributed by atoms with E-state index in [0.29, 0.717) is 35.9 Å². The van der Waals surface area contributed by atoms with Gasteiger partial charge in [0.25, 0.3) is 0 Å². The van der Waals surface area contributed by atoms with E-state index in [1.54, 1.807) is 36.4 Å². The molecule has 9 heteroatoms. The number of amides is 1. The third-order valence-electron chi connectivity index (χ3n) is 6.53. The highest BCUT2D eigenvalue weighted by molar-refractivity contribution is 7.91. The number of sulfone groups is 1. The Bertz CT molecular complexity index is 1090. The minimum atomic E-state index is -3.82. The molecule has 2 heterocycles. The first-order valence-corrected chi connectivity index (χ1v) is 13.8. The molecule has 2 saturated heterocycles. The monoisotopic (exact) mass is 505 g/mol. The molecule has 2 aromatic carbocycles. The zero-order valence-corrected chi connectivity index (χ0v) is 20.9. The standard InChI is InChI=1S/C25H32ClN3O4S/c1-2-3-12-33-23-9-6-19(26)14-24(23)34(31,32)20-7-4-17(5-8-20)15-28-25(30)22-13-18-16-27-11-10-21(18)29-22/h4-9,14,18,21-22,27,29H,2-3,10-13,15-16H2,1H3,(H,28,30). The summed E-state index contributed by atoms with van der Waals surface area (Å²) < 4.78 is 32.3. The number of unbranched alkanes of at least 4 members (excludes halogenated alkanes) is 1. The van der Waals surface area contributed by atoms with Crippen LogP contribution in [0, 0.1) is 5.92 Å². The molecular weight excluding hydrogens is 474 g/mol. The number of fused-ring (bicyclic) bond motifs is 1. The number of hydrogen-bond acceptors (Lipinski definition) is 6. The summed E-state index contributed by atoms with van der Waals surface area (Å²) in [5, 5.41) is 10.1. The molecule has 184 valence electrons. The number of halogens is 1. The smallest absolute Gasteiger partial charge is 0.237 e. The van der Waals surface area contributed by atoms with Gasteiger partial charge in [0.2, 0.25) is 15.7 Å². The second-order valence-electron chi connectivity index (χ2n) is 8.97. The molecule has 0 spiro atoms. The van der Waals surface area contributed by atoms with E-state index in [2.05, 4.69) is 16.0 Å². The molecule has 3 N–H and O–H groups in total. The lowest BCUT2D eigenvalue weighted by molar-refractivity contribution is -0.123. The molecule has 34 heavy (non-hydrogen) atoms. The van der Waals surface area contributed by atoms with Crippen LogP contribution < -0.4 is 20.7 Å². The number of carbonyl (C=O) groups is 1. The summed E-state index contributed by atoms with van der Waals surface area (Å²) in [6.07, 6.45) is 3.66. The maximum atomic E-state index is 13.3. The fourth-order valence-corrected chi connectivity index (χ4v) is 6.22. The van der Waals surface area contributed by atoms with Gasteiger partial charge in [0.1, 0.15) is 10.6 Å². The molecule has 1 amide bonds. The van der Waals surface area contributed by atoms with Gasteiger partial charge in [-0.2, -0.15) is 0 Å². The van der Waals surface area contributed by atoms with Crippen LogP contribution in [0.25, 0.3) is 0 Å². The van der Waals surface area contributed by atoms with Crippen molar-refractivity contribution in [3.63, 3.8) is 0 Å². The van der Waals surface area contributed by atoms with E-state index < -0.39 is 9.84 Å². The Kier molecular flexibility index (Phi) is 8.14. The summed E-state index contributed by atoms with van der Waals surface area (Å²) >= 11 is 6.09. The second-order valence-corrected chi connectivity index (χ2v) is 11.3. The van der Waals surface area contributed by atoms with Crippen LogP contribution in [0.5, 0.6) is 5.75 Å². The van der Waals surface area contributed by atoms with Crippen LogP contribution in [0.3, 0.4) is 0 Å². The van der Waals surface area contributed by atoms with Crippen LogP contribution in [-0.2, 0) is 21.2 Å². The number of nitrogens with one attached hydrogen (secondary N) is 3. The zero-order chi connectivity index (χ0) is 24.1. The summed E-state index contributed by atoms with van der Waals surface area (Å²) in [5.74, 6) is 0.782. The van der Waals surface area contributed by atoms with Crippen molar-refractivity contribution in [2.24, 2.45) is 5.92 Å². The Labute approximate surface area is 206 Å². The molecule has 2 aliphatic rings. The molecule has 2 aliphatic heterocycles. The Balaban J connectivity index is 1.40. The van der Waals surface area contributed by atoms with Gasteiger partial charge in [-0.05, 0) is 74.2 Å². The molecule has 0 saturated carbocycles.